The molecule has 2 aromatic carbocycles. The molecule has 24 heavy (non-hydrogen) atoms. The molecule has 0 fully saturated rings. The Labute approximate surface area is 144 Å². The molecule has 0 heterocycles. The van der Waals surface area contributed by atoms with Gasteiger partial charge in [-0.3, -0.25) is 14.9 Å². The smallest absolute Gasteiger partial charge is 0.312 e. The van der Waals surface area contributed by atoms with E-state index in [9.17, 15) is 14.9 Å². The van der Waals surface area contributed by atoms with Crippen molar-refractivity contribution in [2.75, 3.05) is 11.4 Å². The molecule has 2 rings (SSSR count). The van der Waals surface area contributed by atoms with E-state index in [1.54, 1.807) is 11.8 Å². The van der Waals surface area contributed by atoms with E-state index in [0.29, 0.717) is 6.54 Å². The van der Waals surface area contributed by atoms with Crippen molar-refractivity contribution < 1.29 is 14.5 Å². The maximum Gasteiger partial charge on any atom is 0.312 e. The van der Waals surface area contributed by atoms with Crippen LogP contribution in [0, 0.1) is 10.1 Å². The summed E-state index contributed by atoms with van der Waals surface area (Å²) in [7, 11) is 0. The Kier molecular flexibility index (Phi) is 5.76. The first-order valence-electron chi connectivity index (χ1n) is 7.41. The quantitative estimate of drug-likeness (QED) is 0.582. The minimum absolute atomic E-state index is 0.00867. The van der Waals surface area contributed by atoms with E-state index in [2.05, 4.69) is 0 Å². The highest BCUT2D eigenvalue weighted by molar-refractivity contribution is 6.30. The summed E-state index contributed by atoms with van der Waals surface area (Å²) < 4.78 is 5.54. The van der Waals surface area contributed by atoms with Crippen LogP contribution >= 0.6 is 11.6 Å². The summed E-state index contributed by atoms with van der Waals surface area (Å²) in [6, 6.07) is 13.2. The summed E-state index contributed by atoms with van der Waals surface area (Å²) in [5, 5.41) is 11.3. The number of benzene rings is 2. The van der Waals surface area contributed by atoms with Crippen molar-refractivity contribution in [2.45, 2.75) is 20.0 Å². The summed E-state index contributed by atoms with van der Waals surface area (Å²) >= 11 is 5.78. The normalized spacial score (nSPS) is 11.6. The summed E-state index contributed by atoms with van der Waals surface area (Å²) in [4.78, 5) is 24.7. The lowest BCUT2D eigenvalue weighted by Crippen LogP contribution is -2.40. The van der Waals surface area contributed by atoms with Crippen molar-refractivity contribution in [1.82, 2.24) is 0 Å². The van der Waals surface area contributed by atoms with Gasteiger partial charge >= 0.3 is 5.69 Å². The van der Waals surface area contributed by atoms with Crippen LogP contribution in [0.3, 0.4) is 0 Å². The Bertz CT molecular complexity index is 737. The first-order chi connectivity index (χ1) is 11.4. The predicted octanol–water partition coefficient (Wildman–Crippen LogP) is 4.07. The van der Waals surface area contributed by atoms with Crippen molar-refractivity contribution in [1.29, 1.82) is 0 Å². The van der Waals surface area contributed by atoms with Gasteiger partial charge in [0.1, 0.15) is 0 Å². The van der Waals surface area contributed by atoms with Crippen LogP contribution < -0.4 is 9.64 Å². The van der Waals surface area contributed by atoms with E-state index in [4.69, 9.17) is 16.3 Å². The van der Waals surface area contributed by atoms with Crippen molar-refractivity contribution in [3.8, 4) is 5.75 Å². The number of nitro groups is 1. The molecule has 2 aromatic rings. The molecule has 0 aliphatic rings. The number of rotatable bonds is 6. The fraction of sp³-hybridized carbons (Fsp3) is 0.235. The van der Waals surface area contributed by atoms with Gasteiger partial charge in [0.25, 0.3) is 5.91 Å². The topological polar surface area (TPSA) is 72.7 Å². The standard InChI is InChI=1S/C17H17ClN2O4/c1-3-19(14-7-5-4-6-8-14)17(21)12(2)24-16-10-9-13(18)11-15(16)20(22)23/h4-12H,3H2,1-2H3/t12-/m0/s1. The second-order valence-electron chi connectivity index (χ2n) is 5.05. The molecule has 0 bridgehead atoms. The molecule has 0 radical (unpaired) electrons. The van der Waals surface area contributed by atoms with E-state index in [1.165, 1.54) is 18.2 Å². The molecule has 0 saturated carbocycles. The van der Waals surface area contributed by atoms with Gasteiger partial charge < -0.3 is 9.64 Å². The average molecular weight is 349 g/mol. The number of likely N-dealkylation sites (N-methyl/N-ethyl adjacent to an activating group) is 1. The zero-order chi connectivity index (χ0) is 17.7. The van der Waals surface area contributed by atoms with Crippen LogP contribution in [0.2, 0.25) is 5.02 Å². The molecule has 0 spiro atoms. The number of para-hydroxylation sites is 1. The first kappa shape index (κ1) is 17.7. The molecule has 1 atom stereocenters. The van der Waals surface area contributed by atoms with Gasteiger partial charge in [-0.15, -0.1) is 0 Å². The molecular weight excluding hydrogens is 332 g/mol. The molecule has 0 aliphatic carbocycles. The van der Waals surface area contributed by atoms with Gasteiger partial charge in [-0.1, -0.05) is 29.8 Å². The highest BCUT2D eigenvalue weighted by Crippen LogP contribution is 2.31. The van der Waals surface area contributed by atoms with Gasteiger partial charge in [0.2, 0.25) is 0 Å². The van der Waals surface area contributed by atoms with E-state index < -0.39 is 11.0 Å². The minimum atomic E-state index is -0.884. The minimum Gasteiger partial charge on any atom is -0.474 e. The molecule has 7 heteroatoms. The van der Waals surface area contributed by atoms with Crippen LogP contribution in [0.4, 0.5) is 11.4 Å². The van der Waals surface area contributed by atoms with Gasteiger partial charge in [0.05, 0.1) is 4.92 Å². The summed E-state index contributed by atoms with van der Waals surface area (Å²) in [5.74, 6) is -0.276. The molecule has 0 saturated heterocycles. The molecule has 6 nitrogen and oxygen atoms in total. The van der Waals surface area contributed by atoms with E-state index in [1.807, 2.05) is 37.3 Å². The summed E-state index contributed by atoms with van der Waals surface area (Å²) in [6.45, 7) is 3.87. The Balaban J connectivity index is 2.21. The fourth-order valence-corrected chi connectivity index (χ4v) is 2.43. The van der Waals surface area contributed by atoms with Crippen molar-refractivity contribution in [2.24, 2.45) is 0 Å². The molecule has 0 unspecified atom stereocenters. The fourth-order valence-electron chi connectivity index (χ4n) is 2.27. The number of hydrogen-bond donors (Lipinski definition) is 0. The Hall–Kier alpha value is -2.60. The van der Waals surface area contributed by atoms with Gasteiger partial charge in [0.15, 0.2) is 11.9 Å². The second-order valence-corrected chi connectivity index (χ2v) is 5.48. The molecule has 1 amide bonds. The maximum absolute atomic E-state index is 12.6. The predicted molar refractivity (Wildman–Crippen MR) is 92.7 cm³/mol. The first-order valence-corrected chi connectivity index (χ1v) is 7.78. The van der Waals surface area contributed by atoms with Crippen LogP contribution in [0.5, 0.6) is 5.75 Å². The number of nitrogens with zero attached hydrogens (tertiary/aromatic N) is 2. The Morgan fingerprint density at radius 3 is 2.54 bits per heavy atom. The van der Waals surface area contributed by atoms with Crippen molar-refractivity contribution in [3.63, 3.8) is 0 Å². The number of carbonyl (C=O) groups is 1. The van der Waals surface area contributed by atoms with E-state index >= 15 is 0 Å². The van der Waals surface area contributed by atoms with E-state index in [0.717, 1.165) is 5.69 Å². The highest BCUT2D eigenvalue weighted by Gasteiger charge is 2.25. The SMILES string of the molecule is CCN(C(=O)[C@H](C)Oc1ccc(Cl)cc1[N+](=O)[O-])c1ccccc1. The Morgan fingerprint density at radius 1 is 1.29 bits per heavy atom. The van der Waals surface area contributed by atoms with Crippen molar-refractivity contribution >= 4 is 28.9 Å². The lowest BCUT2D eigenvalue weighted by atomic mass is 10.2. The zero-order valence-corrected chi connectivity index (χ0v) is 14.1. The average Bonchev–Trinajstić information content (AvgIpc) is 2.57. The van der Waals surface area contributed by atoms with Gasteiger partial charge in [0, 0.05) is 23.3 Å². The molecular formula is C17H17ClN2O4. The lowest BCUT2D eigenvalue weighted by molar-refractivity contribution is -0.386. The number of carbonyl (C=O) groups excluding carboxylic acids is 1. The van der Waals surface area contributed by atoms with Crippen LogP contribution in [0.25, 0.3) is 0 Å². The number of nitro benzene ring substituents is 1. The summed E-state index contributed by atoms with van der Waals surface area (Å²) in [6.07, 6.45) is -0.884. The third-order valence-corrected chi connectivity index (χ3v) is 3.65. The molecule has 0 aromatic heterocycles. The van der Waals surface area contributed by atoms with Crippen molar-refractivity contribution in [3.05, 3.63) is 63.7 Å². The molecule has 0 N–H and O–H groups in total. The van der Waals surface area contributed by atoms with Gasteiger partial charge in [-0.2, -0.15) is 0 Å². The maximum atomic E-state index is 12.6. The zero-order valence-electron chi connectivity index (χ0n) is 13.3. The third-order valence-electron chi connectivity index (χ3n) is 3.42. The number of amides is 1. The number of anilines is 1. The number of ether oxygens (including phenoxy) is 1. The van der Waals surface area contributed by atoms with Gasteiger partial charge in [-0.05, 0) is 38.1 Å². The molecule has 0 aliphatic heterocycles. The van der Waals surface area contributed by atoms with E-state index in [-0.39, 0.29) is 22.4 Å². The molecule has 126 valence electrons. The van der Waals surface area contributed by atoms with Gasteiger partial charge in [-0.25, -0.2) is 0 Å². The largest absolute Gasteiger partial charge is 0.474 e. The van der Waals surface area contributed by atoms with Crippen LogP contribution in [0.15, 0.2) is 48.5 Å². The number of halogens is 1. The lowest BCUT2D eigenvalue weighted by Gasteiger charge is -2.24. The summed E-state index contributed by atoms with van der Waals surface area (Å²) in [5.41, 5.74) is 0.468. The number of hydrogen-bond acceptors (Lipinski definition) is 4. The highest BCUT2D eigenvalue weighted by atomic mass is 35.5. The monoisotopic (exact) mass is 348 g/mol. The van der Waals surface area contributed by atoms with Crippen LogP contribution in [-0.4, -0.2) is 23.5 Å². The second kappa shape index (κ2) is 7.79. The third kappa shape index (κ3) is 4.02. The Morgan fingerprint density at radius 2 is 1.96 bits per heavy atom. The van der Waals surface area contributed by atoms with Crippen LogP contribution in [0.1, 0.15) is 13.8 Å². The van der Waals surface area contributed by atoms with Crippen LogP contribution in [-0.2, 0) is 4.79 Å².